The van der Waals surface area contributed by atoms with E-state index < -0.39 is 31.3 Å². The first kappa shape index (κ1) is 13.0. The van der Waals surface area contributed by atoms with Crippen molar-refractivity contribution >= 4 is 21.7 Å². The van der Waals surface area contributed by atoms with Crippen molar-refractivity contribution in [2.45, 2.75) is 4.90 Å². The van der Waals surface area contributed by atoms with Gasteiger partial charge >= 0.3 is 0 Å². The van der Waals surface area contributed by atoms with E-state index in [1.807, 2.05) is 4.72 Å². The molecule has 1 heterocycles. The molecule has 19 heavy (non-hydrogen) atoms. The van der Waals surface area contributed by atoms with Crippen LogP contribution in [0.4, 0.5) is 16.0 Å². The number of sulfonamides is 1. The number of aromatic nitrogens is 2. The Labute approximate surface area is 106 Å². The summed E-state index contributed by atoms with van der Waals surface area (Å²) in [6, 6.07) is 2.23. The molecule has 8 nitrogen and oxygen atoms in total. The molecule has 0 saturated heterocycles. The summed E-state index contributed by atoms with van der Waals surface area (Å²) in [5.74, 6) is -1.21. The molecule has 0 aliphatic rings. The van der Waals surface area contributed by atoms with Crippen LogP contribution in [-0.4, -0.2) is 23.3 Å². The minimum atomic E-state index is -4.29. The Morgan fingerprint density at radius 3 is 2.74 bits per heavy atom. The molecule has 10 heteroatoms. The summed E-state index contributed by atoms with van der Waals surface area (Å²) in [7, 11) is -4.29. The Kier molecular flexibility index (Phi) is 3.17. The highest BCUT2D eigenvalue weighted by Gasteiger charge is 2.23. The predicted octanol–water partition coefficient (Wildman–Crippen LogP) is 1.26. The molecular formula is C9H7FN4O4S. The van der Waals surface area contributed by atoms with Crippen molar-refractivity contribution in [1.82, 2.24) is 9.97 Å². The summed E-state index contributed by atoms with van der Waals surface area (Å²) in [5.41, 5.74) is -0.527. The molecule has 2 N–H and O–H groups in total. The van der Waals surface area contributed by atoms with Crippen molar-refractivity contribution in [1.29, 1.82) is 0 Å². The Hall–Kier alpha value is -2.49. The van der Waals surface area contributed by atoms with Crippen LogP contribution in [0, 0.1) is 15.9 Å². The molecule has 1 aromatic carbocycles. The third kappa shape index (κ3) is 2.68. The molecular weight excluding hydrogens is 279 g/mol. The maximum Gasteiger partial charge on any atom is 0.271 e. The van der Waals surface area contributed by atoms with Gasteiger partial charge in [-0.1, -0.05) is 0 Å². The highest BCUT2D eigenvalue weighted by atomic mass is 32.2. The second-order valence-electron chi connectivity index (χ2n) is 3.42. The molecule has 2 aromatic rings. The molecule has 0 aliphatic carbocycles. The lowest BCUT2D eigenvalue weighted by molar-refractivity contribution is -0.385. The monoisotopic (exact) mass is 286 g/mol. The van der Waals surface area contributed by atoms with Gasteiger partial charge in [0.15, 0.2) is 0 Å². The number of benzene rings is 1. The Morgan fingerprint density at radius 2 is 2.16 bits per heavy atom. The van der Waals surface area contributed by atoms with Gasteiger partial charge in [0.25, 0.3) is 15.7 Å². The SMILES string of the molecule is O=[N+]([O-])c1ccc(F)c(S(=O)(=O)Nc2ncc[nH]2)c1. The number of aromatic amines is 1. The van der Waals surface area contributed by atoms with Crippen molar-refractivity contribution in [3.05, 3.63) is 46.5 Å². The van der Waals surface area contributed by atoms with Gasteiger partial charge in [0.05, 0.1) is 4.92 Å². The molecule has 0 bridgehead atoms. The second-order valence-corrected chi connectivity index (χ2v) is 5.07. The van der Waals surface area contributed by atoms with Crippen LogP contribution in [0.3, 0.4) is 0 Å². The third-order valence-corrected chi connectivity index (χ3v) is 3.50. The third-order valence-electron chi connectivity index (χ3n) is 2.14. The van der Waals surface area contributed by atoms with Gasteiger partial charge in [-0.3, -0.25) is 10.1 Å². The van der Waals surface area contributed by atoms with Crippen molar-refractivity contribution in [2.75, 3.05) is 4.72 Å². The molecule has 0 atom stereocenters. The van der Waals surface area contributed by atoms with Gasteiger partial charge in [-0.25, -0.2) is 22.5 Å². The number of nitrogens with zero attached hydrogens (tertiary/aromatic N) is 2. The highest BCUT2D eigenvalue weighted by molar-refractivity contribution is 7.92. The van der Waals surface area contributed by atoms with Gasteiger partial charge < -0.3 is 4.98 Å². The van der Waals surface area contributed by atoms with E-state index in [0.717, 1.165) is 12.1 Å². The minimum absolute atomic E-state index is 0.120. The van der Waals surface area contributed by atoms with Crippen LogP contribution in [0.15, 0.2) is 35.5 Å². The lowest BCUT2D eigenvalue weighted by Crippen LogP contribution is -2.15. The number of hydrogen-bond donors (Lipinski definition) is 2. The van der Waals surface area contributed by atoms with E-state index in [0.29, 0.717) is 6.07 Å². The summed E-state index contributed by atoms with van der Waals surface area (Å²) >= 11 is 0. The summed E-state index contributed by atoms with van der Waals surface area (Å²) in [6.45, 7) is 0. The van der Waals surface area contributed by atoms with Crippen LogP contribution in [0.2, 0.25) is 0 Å². The number of H-pyrrole nitrogens is 1. The number of nitro groups is 1. The van der Waals surface area contributed by atoms with Crippen molar-refractivity contribution in [3.63, 3.8) is 0 Å². The van der Waals surface area contributed by atoms with Gasteiger partial charge in [0.1, 0.15) is 10.7 Å². The first-order valence-electron chi connectivity index (χ1n) is 4.86. The average molecular weight is 286 g/mol. The van der Waals surface area contributed by atoms with E-state index in [1.165, 1.54) is 12.4 Å². The quantitative estimate of drug-likeness (QED) is 0.648. The molecule has 0 radical (unpaired) electrons. The fraction of sp³-hybridized carbons (Fsp3) is 0. The summed E-state index contributed by atoms with van der Waals surface area (Å²) in [4.78, 5) is 15.0. The Balaban J connectivity index is 2.45. The molecule has 1 aromatic heterocycles. The number of nitrogens with one attached hydrogen (secondary N) is 2. The highest BCUT2D eigenvalue weighted by Crippen LogP contribution is 2.22. The minimum Gasteiger partial charge on any atom is -0.330 e. The average Bonchev–Trinajstić information content (AvgIpc) is 2.81. The zero-order chi connectivity index (χ0) is 14.0. The van der Waals surface area contributed by atoms with Crippen LogP contribution in [0.5, 0.6) is 0 Å². The molecule has 0 unspecified atom stereocenters. The fourth-order valence-corrected chi connectivity index (χ4v) is 2.39. The summed E-state index contributed by atoms with van der Waals surface area (Å²) in [5, 5.41) is 10.6. The Bertz CT molecular complexity index is 714. The molecule has 0 spiro atoms. The van der Waals surface area contributed by atoms with E-state index in [2.05, 4.69) is 9.97 Å². The van der Waals surface area contributed by atoms with Gasteiger partial charge in [-0.05, 0) is 6.07 Å². The smallest absolute Gasteiger partial charge is 0.271 e. The molecule has 0 aliphatic heterocycles. The summed E-state index contributed by atoms with van der Waals surface area (Å²) < 4.78 is 39.2. The number of rotatable bonds is 4. The molecule has 100 valence electrons. The number of non-ortho nitro benzene ring substituents is 1. The lowest BCUT2D eigenvalue weighted by atomic mass is 10.3. The number of halogens is 1. The van der Waals surface area contributed by atoms with Gasteiger partial charge in [0, 0.05) is 24.5 Å². The number of nitro benzene ring substituents is 1. The first-order valence-corrected chi connectivity index (χ1v) is 6.34. The number of anilines is 1. The van der Waals surface area contributed by atoms with Crippen LogP contribution in [0.1, 0.15) is 0 Å². The van der Waals surface area contributed by atoms with E-state index in [4.69, 9.17) is 0 Å². The zero-order valence-electron chi connectivity index (χ0n) is 9.20. The van der Waals surface area contributed by atoms with Crippen molar-refractivity contribution < 1.29 is 17.7 Å². The van der Waals surface area contributed by atoms with Crippen LogP contribution < -0.4 is 4.72 Å². The van der Waals surface area contributed by atoms with Crippen LogP contribution in [0.25, 0.3) is 0 Å². The Morgan fingerprint density at radius 1 is 1.42 bits per heavy atom. The molecule has 0 saturated carbocycles. The zero-order valence-corrected chi connectivity index (χ0v) is 10.0. The fourth-order valence-electron chi connectivity index (χ4n) is 1.31. The van der Waals surface area contributed by atoms with E-state index in [9.17, 15) is 22.9 Å². The largest absolute Gasteiger partial charge is 0.330 e. The van der Waals surface area contributed by atoms with E-state index >= 15 is 0 Å². The number of imidazole rings is 1. The van der Waals surface area contributed by atoms with Crippen LogP contribution >= 0.6 is 0 Å². The van der Waals surface area contributed by atoms with Gasteiger partial charge in [-0.2, -0.15) is 0 Å². The number of hydrogen-bond acceptors (Lipinski definition) is 5. The van der Waals surface area contributed by atoms with E-state index in [-0.39, 0.29) is 5.95 Å². The van der Waals surface area contributed by atoms with Gasteiger partial charge in [0.2, 0.25) is 5.95 Å². The maximum atomic E-state index is 13.5. The normalized spacial score (nSPS) is 11.2. The van der Waals surface area contributed by atoms with E-state index in [1.54, 1.807) is 0 Å². The standard InChI is InChI=1S/C9H7FN4O4S/c10-7-2-1-6(14(15)16)5-8(7)19(17,18)13-9-11-3-4-12-9/h1-5H,(H2,11,12,13). The topological polar surface area (TPSA) is 118 Å². The second kappa shape index (κ2) is 4.65. The van der Waals surface area contributed by atoms with Crippen molar-refractivity contribution in [3.8, 4) is 0 Å². The molecule has 0 fully saturated rings. The predicted molar refractivity (Wildman–Crippen MR) is 62.5 cm³/mol. The van der Waals surface area contributed by atoms with Crippen molar-refractivity contribution in [2.24, 2.45) is 0 Å². The van der Waals surface area contributed by atoms with Crippen LogP contribution in [-0.2, 0) is 10.0 Å². The lowest BCUT2D eigenvalue weighted by Gasteiger charge is -2.06. The first-order chi connectivity index (χ1) is 8.90. The molecule has 0 amide bonds. The summed E-state index contributed by atoms with van der Waals surface area (Å²) in [6.07, 6.45) is 2.66. The van der Waals surface area contributed by atoms with Gasteiger partial charge in [-0.15, -0.1) is 0 Å². The maximum absolute atomic E-state index is 13.5. The molecule has 2 rings (SSSR count).